The van der Waals surface area contributed by atoms with Gasteiger partial charge in [0.25, 0.3) is 0 Å². The van der Waals surface area contributed by atoms with Crippen LogP contribution in [0.5, 0.6) is 0 Å². The third-order valence-corrected chi connectivity index (χ3v) is 1.75. The van der Waals surface area contributed by atoms with Crippen LogP contribution in [-0.4, -0.2) is 4.98 Å². The third-order valence-electron chi connectivity index (χ3n) is 1.75. The van der Waals surface area contributed by atoms with Crippen LogP contribution in [0.15, 0.2) is 12.4 Å². The van der Waals surface area contributed by atoms with Gasteiger partial charge in [0, 0.05) is 11.8 Å². The highest BCUT2D eigenvalue weighted by Gasteiger charge is 2.18. The van der Waals surface area contributed by atoms with Crippen LogP contribution >= 0.6 is 0 Å². The fourth-order valence-electron chi connectivity index (χ4n) is 1.04. The molecule has 1 rings (SSSR count). The average molecular weight is 168 g/mol. The molecule has 0 aliphatic heterocycles. The van der Waals surface area contributed by atoms with E-state index in [9.17, 15) is 4.39 Å². The van der Waals surface area contributed by atoms with Gasteiger partial charge in [-0.2, -0.15) is 0 Å². The maximum absolute atomic E-state index is 12.9. The third kappa shape index (κ3) is 1.55. The van der Waals surface area contributed by atoms with Crippen molar-refractivity contribution in [3.63, 3.8) is 0 Å². The van der Waals surface area contributed by atoms with Gasteiger partial charge in [0.2, 0.25) is 0 Å². The molecule has 0 amide bonds. The molecule has 66 valence electrons. The number of aromatic nitrogens is 1. The van der Waals surface area contributed by atoms with E-state index in [1.54, 1.807) is 6.20 Å². The molecule has 0 aliphatic rings. The van der Waals surface area contributed by atoms with Crippen molar-refractivity contribution in [3.8, 4) is 0 Å². The molecule has 0 radical (unpaired) electrons. The molecule has 3 heteroatoms. The predicted octanol–water partition coefficient (Wildman–Crippen LogP) is 2.10. The van der Waals surface area contributed by atoms with E-state index in [0.29, 0.717) is 0 Å². The molecule has 1 heterocycles. The monoisotopic (exact) mass is 168 g/mol. The normalized spacial score (nSPS) is 11.7. The van der Waals surface area contributed by atoms with Crippen molar-refractivity contribution in [2.75, 3.05) is 5.73 Å². The summed E-state index contributed by atoms with van der Waals surface area (Å²) in [4.78, 5) is 3.76. The van der Waals surface area contributed by atoms with E-state index < -0.39 is 5.82 Å². The summed E-state index contributed by atoms with van der Waals surface area (Å²) in [5, 5.41) is 0. The van der Waals surface area contributed by atoms with Crippen molar-refractivity contribution in [2.24, 2.45) is 0 Å². The van der Waals surface area contributed by atoms with Crippen LogP contribution in [0.4, 0.5) is 10.1 Å². The lowest BCUT2D eigenvalue weighted by Crippen LogP contribution is -2.15. The number of nitrogens with zero attached hydrogens (tertiary/aromatic N) is 1. The molecule has 0 unspecified atom stereocenters. The summed E-state index contributed by atoms with van der Waals surface area (Å²) < 4.78 is 12.9. The highest BCUT2D eigenvalue weighted by molar-refractivity contribution is 5.49. The fourth-order valence-corrected chi connectivity index (χ4v) is 1.04. The second kappa shape index (κ2) is 2.73. The second-order valence-electron chi connectivity index (χ2n) is 3.83. The summed E-state index contributed by atoms with van der Waals surface area (Å²) in [5.41, 5.74) is 6.36. The van der Waals surface area contributed by atoms with Crippen molar-refractivity contribution < 1.29 is 4.39 Å². The van der Waals surface area contributed by atoms with Crippen LogP contribution in [0.1, 0.15) is 26.3 Å². The summed E-state index contributed by atoms with van der Waals surface area (Å²) >= 11 is 0. The second-order valence-corrected chi connectivity index (χ2v) is 3.83. The topological polar surface area (TPSA) is 38.9 Å². The lowest BCUT2D eigenvalue weighted by molar-refractivity contribution is 0.571. The van der Waals surface area contributed by atoms with Crippen LogP contribution in [-0.2, 0) is 5.41 Å². The molecule has 1 aromatic rings. The van der Waals surface area contributed by atoms with Crippen molar-refractivity contribution in [1.82, 2.24) is 4.98 Å². The number of hydrogen-bond acceptors (Lipinski definition) is 2. The molecule has 0 aliphatic carbocycles. The molecule has 12 heavy (non-hydrogen) atoms. The van der Waals surface area contributed by atoms with Crippen LogP contribution in [0.2, 0.25) is 0 Å². The van der Waals surface area contributed by atoms with Crippen LogP contribution in [0.3, 0.4) is 0 Å². The Morgan fingerprint density at radius 2 is 1.92 bits per heavy atom. The Morgan fingerprint density at radius 1 is 1.33 bits per heavy atom. The summed E-state index contributed by atoms with van der Waals surface area (Å²) in [5.74, 6) is -0.442. The van der Waals surface area contributed by atoms with Gasteiger partial charge in [-0.15, -0.1) is 0 Å². The van der Waals surface area contributed by atoms with E-state index in [-0.39, 0.29) is 11.1 Å². The molecule has 0 atom stereocenters. The molecule has 2 N–H and O–H groups in total. The van der Waals surface area contributed by atoms with Crippen LogP contribution in [0, 0.1) is 5.82 Å². The van der Waals surface area contributed by atoms with Gasteiger partial charge in [0.1, 0.15) is 0 Å². The molecule has 0 saturated heterocycles. The van der Waals surface area contributed by atoms with Gasteiger partial charge >= 0.3 is 0 Å². The minimum Gasteiger partial charge on any atom is -0.396 e. The average Bonchev–Trinajstić information content (AvgIpc) is 1.92. The van der Waals surface area contributed by atoms with Crippen molar-refractivity contribution in [3.05, 3.63) is 23.8 Å². The zero-order valence-electron chi connectivity index (χ0n) is 7.56. The first-order valence-corrected chi connectivity index (χ1v) is 3.82. The molecular formula is C9H13FN2. The first-order valence-electron chi connectivity index (χ1n) is 3.82. The zero-order valence-corrected chi connectivity index (χ0v) is 7.56. The first kappa shape index (κ1) is 8.97. The fraction of sp³-hybridized carbons (Fsp3) is 0.444. The number of halogens is 1. The molecule has 1 aromatic heterocycles. The Labute approximate surface area is 71.6 Å². The van der Waals surface area contributed by atoms with Gasteiger partial charge in [-0.25, -0.2) is 4.39 Å². The Morgan fingerprint density at radius 3 is 2.33 bits per heavy atom. The van der Waals surface area contributed by atoms with E-state index in [2.05, 4.69) is 4.98 Å². The lowest BCUT2D eigenvalue weighted by atomic mass is 9.87. The minimum atomic E-state index is -0.442. The molecule has 2 nitrogen and oxygen atoms in total. The maximum Gasteiger partial charge on any atom is 0.164 e. The van der Waals surface area contributed by atoms with Crippen molar-refractivity contribution >= 4 is 5.69 Å². The number of anilines is 1. The van der Waals surface area contributed by atoms with E-state index in [4.69, 9.17) is 5.73 Å². The largest absolute Gasteiger partial charge is 0.396 e. The summed E-state index contributed by atoms with van der Waals surface area (Å²) in [6.45, 7) is 5.92. The van der Waals surface area contributed by atoms with Gasteiger partial charge in [-0.3, -0.25) is 4.98 Å². The summed E-state index contributed by atoms with van der Waals surface area (Å²) in [7, 11) is 0. The molecule has 0 spiro atoms. The number of hydrogen-bond donors (Lipinski definition) is 1. The first-order chi connectivity index (χ1) is 5.43. The Kier molecular flexibility index (Phi) is 2.04. The van der Waals surface area contributed by atoms with Gasteiger partial charge in [-0.05, 0) is 5.41 Å². The quantitative estimate of drug-likeness (QED) is 0.644. The molecular weight excluding hydrogens is 155 g/mol. The Balaban J connectivity index is 3.26. The van der Waals surface area contributed by atoms with Gasteiger partial charge in [-0.1, -0.05) is 20.8 Å². The van der Waals surface area contributed by atoms with Crippen LogP contribution < -0.4 is 5.73 Å². The number of pyridine rings is 1. The molecule has 0 bridgehead atoms. The smallest absolute Gasteiger partial charge is 0.164 e. The SMILES string of the molecule is CC(C)(C)c1cncc(F)c1N. The van der Waals surface area contributed by atoms with E-state index in [1.807, 2.05) is 20.8 Å². The maximum atomic E-state index is 12.9. The van der Waals surface area contributed by atoms with E-state index in [0.717, 1.165) is 11.8 Å². The Bertz CT molecular complexity index is 289. The predicted molar refractivity (Wildman–Crippen MR) is 47.3 cm³/mol. The van der Waals surface area contributed by atoms with Crippen molar-refractivity contribution in [2.45, 2.75) is 26.2 Å². The lowest BCUT2D eigenvalue weighted by Gasteiger charge is -2.20. The number of nitrogen functional groups attached to an aromatic ring is 1. The van der Waals surface area contributed by atoms with Gasteiger partial charge in [0.15, 0.2) is 5.82 Å². The minimum absolute atomic E-state index is 0.154. The number of rotatable bonds is 0. The zero-order chi connectivity index (χ0) is 9.35. The Hall–Kier alpha value is -1.12. The van der Waals surface area contributed by atoms with Gasteiger partial charge in [0.05, 0.1) is 11.9 Å². The standard InChI is InChI=1S/C9H13FN2/c1-9(2,3)6-4-12-5-7(10)8(6)11/h4-5H,1-3H3,(H2,11,12). The molecule has 0 saturated carbocycles. The molecule has 0 aromatic carbocycles. The summed E-state index contributed by atoms with van der Waals surface area (Å²) in [6.07, 6.45) is 2.74. The van der Waals surface area contributed by atoms with E-state index >= 15 is 0 Å². The van der Waals surface area contributed by atoms with Crippen LogP contribution in [0.25, 0.3) is 0 Å². The van der Waals surface area contributed by atoms with Crippen molar-refractivity contribution in [1.29, 1.82) is 0 Å². The van der Waals surface area contributed by atoms with Gasteiger partial charge < -0.3 is 5.73 Å². The summed E-state index contributed by atoms with van der Waals surface area (Å²) in [6, 6.07) is 0. The van der Waals surface area contributed by atoms with E-state index in [1.165, 1.54) is 0 Å². The highest BCUT2D eigenvalue weighted by atomic mass is 19.1. The number of nitrogens with two attached hydrogens (primary N) is 1. The highest BCUT2D eigenvalue weighted by Crippen LogP contribution is 2.27. The molecule has 0 fully saturated rings.